The number of nitrogens with one attached hydrogen (secondary N) is 1. The van der Waals surface area contributed by atoms with Gasteiger partial charge in [-0.05, 0) is 49.8 Å². The zero-order chi connectivity index (χ0) is 16.2. The normalized spacial score (nSPS) is 12.3. The molecule has 0 unspecified atom stereocenters. The van der Waals surface area contributed by atoms with Crippen LogP contribution in [0.4, 0.5) is 0 Å². The highest BCUT2D eigenvalue weighted by Gasteiger charge is 2.21. The second-order valence-corrected chi connectivity index (χ2v) is 6.14. The van der Waals surface area contributed by atoms with Crippen molar-refractivity contribution < 1.29 is 14.7 Å². The first kappa shape index (κ1) is 17.2. The van der Waals surface area contributed by atoms with Crippen LogP contribution in [0.2, 0.25) is 0 Å². The number of amides is 1. The van der Waals surface area contributed by atoms with E-state index in [0.29, 0.717) is 6.42 Å². The van der Waals surface area contributed by atoms with Crippen molar-refractivity contribution in [1.29, 1.82) is 0 Å². The van der Waals surface area contributed by atoms with Crippen LogP contribution in [0, 0.1) is 26.7 Å². The minimum Gasteiger partial charge on any atom is -0.480 e. The van der Waals surface area contributed by atoms with Gasteiger partial charge in [-0.1, -0.05) is 31.5 Å². The molecule has 0 fully saturated rings. The minimum absolute atomic E-state index is 0.217. The van der Waals surface area contributed by atoms with Crippen LogP contribution in [-0.4, -0.2) is 23.0 Å². The van der Waals surface area contributed by atoms with E-state index in [0.717, 1.165) is 22.3 Å². The van der Waals surface area contributed by atoms with Gasteiger partial charge < -0.3 is 10.4 Å². The van der Waals surface area contributed by atoms with E-state index in [1.165, 1.54) is 0 Å². The van der Waals surface area contributed by atoms with E-state index in [2.05, 4.69) is 5.32 Å². The Balaban J connectivity index is 2.79. The van der Waals surface area contributed by atoms with Crippen LogP contribution in [0.3, 0.4) is 0 Å². The fourth-order valence-electron chi connectivity index (χ4n) is 2.59. The number of rotatable bonds is 6. The molecule has 21 heavy (non-hydrogen) atoms. The van der Waals surface area contributed by atoms with Gasteiger partial charge in [-0.3, -0.25) is 4.79 Å². The molecule has 4 heteroatoms. The Hall–Kier alpha value is -1.84. The number of aryl methyl sites for hydroxylation is 3. The fourth-order valence-corrected chi connectivity index (χ4v) is 2.59. The molecular weight excluding hydrogens is 266 g/mol. The lowest BCUT2D eigenvalue weighted by atomic mass is 9.96. The predicted octanol–water partition coefficient (Wildman–Crippen LogP) is 2.77. The van der Waals surface area contributed by atoms with E-state index in [1.807, 2.05) is 46.8 Å². The Labute approximate surface area is 126 Å². The molecule has 0 heterocycles. The molecular formula is C17H25NO3. The van der Waals surface area contributed by atoms with Crippen molar-refractivity contribution in [2.24, 2.45) is 5.92 Å². The first-order valence-corrected chi connectivity index (χ1v) is 7.29. The van der Waals surface area contributed by atoms with Crippen molar-refractivity contribution in [3.05, 3.63) is 34.4 Å². The van der Waals surface area contributed by atoms with Gasteiger partial charge in [0.1, 0.15) is 6.04 Å². The molecule has 4 nitrogen and oxygen atoms in total. The molecule has 0 aromatic heterocycles. The van der Waals surface area contributed by atoms with Gasteiger partial charge in [-0.2, -0.15) is 0 Å². The Kier molecular flexibility index (Phi) is 5.94. The third-order valence-electron chi connectivity index (χ3n) is 3.52. The second kappa shape index (κ2) is 7.25. The number of aliphatic carboxylic acids is 1. The third kappa shape index (κ3) is 5.21. The summed E-state index contributed by atoms with van der Waals surface area (Å²) in [7, 11) is 0. The Bertz CT molecular complexity index is 512. The molecule has 0 aliphatic heterocycles. The van der Waals surface area contributed by atoms with Crippen molar-refractivity contribution in [1.82, 2.24) is 5.32 Å². The molecule has 1 amide bonds. The molecule has 1 aromatic rings. The number of hydrogen-bond acceptors (Lipinski definition) is 2. The van der Waals surface area contributed by atoms with Gasteiger partial charge >= 0.3 is 5.97 Å². The number of carbonyl (C=O) groups excluding carboxylic acids is 1. The van der Waals surface area contributed by atoms with Crippen LogP contribution in [0.25, 0.3) is 0 Å². The van der Waals surface area contributed by atoms with E-state index in [-0.39, 0.29) is 18.2 Å². The molecule has 0 aliphatic carbocycles. The lowest BCUT2D eigenvalue weighted by Gasteiger charge is -2.17. The fraction of sp³-hybridized carbons (Fsp3) is 0.529. The van der Waals surface area contributed by atoms with Crippen molar-refractivity contribution in [2.75, 3.05) is 0 Å². The molecule has 1 aromatic carbocycles. The van der Waals surface area contributed by atoms with Gasteiger partial charge in [0.15, 0.2) is 0 Å². The van der Waals surface area contributed by atoms with Crippen molar-refractivity contribution in [3.8, 4) is 0 Å². The molecule has 0 saturated carbocycles. The summed E-state index contributed by atoms with van der Waals surface area (Å²) in [6.45, 7) is 9.86. The summed E-state index contributed by atoms with van der Waals surface area (Å²) in [5.41, 5.74) is 4.28. The number of benzene rings is 1. The SMILES string of the molecule is Cc1cc(C)c(CC(=O)N[C@H](CC(C)C)C(=O)O)c(C)c1. The Morgan fingerprint density at radius 1 is 1.14 bits per heavy atom. The van der Waals surface area contributed by atoms with E-state index in [9.17, 15) is 9.59 Å². The molecule has 116 valence electrons. The minimum atomic E-state index is -0.977. The van der Waals surface area contributed by atoms with Crippen molar-refractivity contribution in [2.45, 2.75) is 53.5 Å². The molecule has 0 bridgehead atoms. The van der Waals surface area contributed by atoms with Crippen molar-refractivity contribution >= 4 is 11.9 Å². The number of hydrogen-bond donors (Lipinski definition) is 2. The monoisotopic (exact) mass is 291 g/mol. The summed E-state index contributed by atoms with van der Waals surface area (Å²) >= 11 is 0. The zero-order valence-electron chi connectivity index (χ0n) is 13.5. The molecule has 0 radical (unpaired) electrons. The van der Waals surface area contributed by atoms with Gasteiger partial charge in [0.2, 0.25) is 5.91 Å². The highest BCUT2D eigenvalue weighted by atomic mass is 16.4. The van der Waals surface area contributed by atoms with E-state index in [4.69, 9.17) is 5.11 Å². The lowest BCUT2D eigenvalue weighted by molar-refractivity contribution is -0.142. The van der Waals surface area contributed by atoms with E-state index >= 15 is 0 Å². The molecule has 2 N–H and O–H groups in total. The van der Waals surface area contributed by atoms with Crippen LogP contribution in [-0.2, 0) is 16.0 Å². The maximum atomic E-state index is 12.1. The standard InChI is InChI=1S/C17H25NO3/c1-10(2)6-15(17(20)21)18-16(19)9-14-12(4)7-11(3)8-13(14)5/h7-8,10,15H,6,9H2,1-5H3,(H,18,19)(H,20,21)/t15-/m1/s1. The first-order chi connectivity index (χ1) is 9.70. The molecule has 0 aliphatic rings. The Morgan fingerprint density at radius 2 is 1.67 bits per heavy atom. The summed E-state index contributed by atoms with van der Waals surface area (Å²) in [6.07, 6.45) is 0.659. The summed E-state index contributed by atoms with van der Waals surface area (Å²) in [5.74, 6) is -0.998. The predicted molar refractivity (Wildman–Crippen MR) is 83.4 cm³/mol. The summed E-state index contributed by atoms with van der Waals surface area (Å²) < 4.78 is 0. The molecule has 0 saturated heterocycles. The highest BCUT2D eigenvalue weighted by Crippen LogP contribution is 2.17. The number of carboxylic acids is 1. The van der Waals surface area contributed by atoms with Crippen molar-refractivity contribution in [3.63, 3.8) is 0 Å². The first-order valence-electron chi connectivity index (χ1n) is 7.29. The summed E-state index contributed by atoms with van der Waals surface area (Å²) in [4.78, 5) is 23.3. The third-order valence-corrected chi connectivity index (χ3v) is 3.52. The van der Waals surface area contributed by atoms with Gasteiger partial charge in [-0.25, -0.2) is 4.79 Å². The van der Waals surface area contributed by atoms with Gasteiger partial charge in [-0.15, -0.1) is 0 Å². The van der Waals surface area contributed by atoms with Crippen LogP contribution >= 0.6 is 0 Å². The molecule has 1 rings (SSSR count). The van der Waals surface area contributed by atoms with Crippen LogP contribution in [0.1, 0.15) is 42.5 Å². The zero-order valence-corrected chi connectivity index (χ0v) is 13.5. The van der Waals surface area contributed by atoms with Crippen LogP contribution in [0.5, 0.6) is 0 Å². The van der Waals surface area contributed by atoms with E-state index in [1.54, 1.807) is 0 Å². The average Bonchev–Trinajstić information content (AvgIpc) is 2.32. The van der Waals surface area contributed by atoms with Gasteiger partial charge in [0.05, 0.1) is 6.42 Å². The molecule has 1 atom stereocenters. The average molecular weight is 291 g/mol. The topological polar surface area (TPSA) is 66.4 Å². The largest absolute Gasteiger partial charge is 0.480 e. The summed E-state index contributed by atoms with van der Waals surface area (Å²) in [5, 5.41) is 11.8. The summed E-state index contributed by atoms with van der Waals surface area (Å²) in [6, 6.07) is 3.26. The highest BCUT2D eigenvalue weighted by molar-refractivity contribution is 5.85. The maximum absolute atomic E-state index is 12.1. The Morgan fingerprint density at radius 3 is 2.10 bits per heavy atom. The van der Waals surface area contributed by atoms with Gasteiger partial charge in [0.25, 0.3) is 0 Å². The quantitative estimate of drug-likeness (QED) is 0.847. The van der Waals surface area contributed by atoms with Gasteiger partial charge in [0, 0.05) is 0 Å². The van der Waals surface area contributed by atoms with Crippen LogP contribution < -0.4 is 5.32 Å². The smallest absolute Gasteiger partial charge is 0.326 e. The maximum Gasteiger partial charge on any atom is 0.326 e. The second-order valence-electron chi connectivity index (χ2n) is 6.14. The van der Waals surface area contributed by atoms with Crippen LogP contribution in [0.15, 0.2) is 12.1 Å². The number of carboxylic acid groups (broad SMARTS) is 1. The lowest BCUT2D eigenvalue weighted by Crippen LogP contribution is -2.42. The molecule has 0 spiro atoms. The number of carbonyl (C=O) groups is 2. The van der Waals surface area contributed by atoms with E-state index < -0.39 is 12.0 Å².